The van der Waals surface area contributed by atoms with Gasteiger partial charge in [-0.3, -0.25) is 4.98 Å². The first-order chi connectivity index (χ1) is 23.0. The maximum Gasteiger partial charge on any atom is 0.318 e. The zero-order valence-corrected chi connectivity index (χ0v) is 29.7. The summed E-state index contributed by atoms with van der Waals surface area (Å²) in [4.78, 5) is 17.8. The molecule has 48 heavy (non-hydrogen) atoms. The van der Waals surface area contributed by atoms with Crippen LogP contribution < -0.4 is 9.64 Å². The van der Waals surface area contributed by atoms with E-state index in [4.69, 9.17) is 11.2 Å². The van der Waals surface area contributed by atoms with Crippen LogP contribution in [0.3, 0.4) is 0 Å². The van der Waals surface area contributed by atoms with Gasteiger partial charge < -0.3 is 24.2 Å². The van der Waals surface area contributed by atoms with E-state index >= 15 is 4.39 Å². The second-order valence-electron chi connectivity index (χ2n) is 13.2. The predicted molar refractivity (Wildman–Crippen MR) is 191 cm³/mol. The molecule has 1 N–H and O–H groups in total. The summed E-state index contributed by atoms with van der Waals surface area (Å²) < 4.78 is 48.5. The minimum absolute atomic E-state index is 0.0200. The van der Waals surface area contributed by atoms with Crippen molar-refractivity contribution in [3.05, 3.63) is 47.7 Å². The largest absolute Gasteiger partial charge is 0.508 e. The van der Waals surface area contributed by atoms with E-state index in [2.05, 4.69) is 32.7 Å². The number of terminal acetylenes is 1. The lowest BCUT2D eigenvalue weighted by Crippen LogP contribution is -2.36. The number of aromatic hydroxyl groups is 1. The van der Waals surface area contributed by atoms with Crippen LogP contribution in [0, 0.1) is 29.9 Å². The van der Waals surface area contributed by atoms with Crippen molar-refractivity contribution in [2.45, 2.75) is 64.6 Å². The third kappa shape index (κ3) is 7.13. The number of aromatic nitrogens is 3. The number of phenolic OH excluding ortho intramolecular Hbond substituents is 1. The maximum atomic E-state index is 16.1. The second-order valence-corrected chi connectivity index (χ2v) is 16.8. The molecule has 3 saturated heterocycles. The first kappa shape index (κ1) is 35.5. The summed E-state index contributed by atoms with van der Waals surface area (Å²) in [5.41, 5.74) is 0.0507. The van der Waals surface area contributed by atoms with E-state index in [1.165, 1.54) is 69.9 Å². The highest BCUT2D eigenvalue weighted by Gasteiger charge is 2.33. The van der Waals surface area contributed by atoms with Gasteiger partial charge in [-0.25, -0.2) is 8.78 Å². The second kappa shape index (κ2) is 14.8. The van der Waals surface area contributed by atoms with Crippen LogP contribution in [0.4, 0.5) is 14.6 Å². The molecule has 5 heterocycles. The van der Waals surface area contributed by atoms with Gasteiger partial charge in [0.1, 0.15) is 28.6 Å². The van der Waals surface area contributed by atoms with Gasteiger partial charge in [0.15, 0.2) is 5.82 Å². The van der Waals surface area contributed by atoms with E-state index in [0.29, 0.717) is 29.7 Å². The number of hydrogen-bond acceptors (Lipinski definition) is 8. The Hall–Kier alpha value is -3.80. The minimum atomic E-state index is -2.22. The molecule has 11 heteroatoms. The molecule has 2 aromatic heterocycles. The Bertz CT molecular complexity index is 1870. The summed E-state index contributed by atoms with van der Waals surface area (Å²) in [6.07, 6.45) is 12.9. The van der Waals surface area contributed by atoms with Crippen molar-refractivity contribution in [2.75, 3.05) is 51.5 Å². The fourth-order valence-electron chi connectivity index (χ4n) is 7.34. The summed E-state index contributed by atoms with van der Waals surface area (Å²) in [6, 6.07) is 6.36. The number of rotatable bonds is 4. The molecule has 0 bridgehead atoms. The zero-order chi connectivity index (χ0) is 34.7. The van der Waals surface area contributed by atoms with Crippen molar-refractivity contribution in [3.8, 4) is 35.4 Å². The first-order valence-electron chi connectivity index (χ1n) is 16.8. The third-order valence-electron chi connectivity index (χ3n) is 9.64. The monoisotopic (exact) mass is 677 g/mol. The molecule has 3 aliphatic rings. The Labute approximate surface area is 282 Å². The van der Waals surface area contributed by atoms with Gasteiger partial charge in [0, 0.05) is 48.5 Å². The van der Waals surface area contributed by atoms with Crippen LogP contribution in [0.5, 0.6) is 11.8 Å². The number of methoxy groups -OCH3 is 1. The van der Waals surface area contributed by atoms with Crippen LogP contribution in [0.25, 0.3) is 32.9 Å². The lowest BCUT2D eigenvalue weighted by atomic mass is 9.96. The van der Waals surface area contributed by atoms with Crippen LogP contribution in [-0.2, 0) is 4.57 Å². The minimum Gasteiger partial charge on any atom is -0.508 e. The van der Waals surface area contributed by atoms with Gasteiger partial charge in [-0.1, -0.05) is 32.8 Å². The van der Waals surface area contributed by atoms with Crippen molar-refractivity contribution in [1.29, 1.82) is 0 Å². The molecule has 2 atom stereocenters. The standard InChI is InChI=1S/C27H25F2N4O3P.C8H15N.C2H6/c1-5-18-21(28)7-6-15-12-16(34)13-19(22(15)18)24-23(29)25-20(14-30-24)26(32-27(31-25)36-2)33-10-8-17(9-11-33)37(3,4)35;1-7-5-8-3-2-4-9(8)6-7;1-2/h1,6-7,12-14,17,34H,8-11H2,2-4H3;7-8H,2-6H2,1H3;1-2H3. The summed E-state index contributed by atoms with van der Waals surface area (Å²) in [7, 11) is -0.828. The lowest BCUT2D eigenvalue weighted by molar-refractivity contribution is 0.319. The zero-order valence-electron chi connectivity index (χ0n) is 28.8. The highest BCUT2D eigenvalue weighted by Crippen LogP contribution is 2.48. The summed E-state index contributed by atoms with van der Waals surface area (Å²) in [5, 5.41) is 11.4. The van der Waals surface area contributed by atoms with Crippen LogP contribution in [0.15, 0.2) is 30.5 Å². The van der Waals surface area contributed by atoms with Crippen LogP contribution in [-0.4, -0.2) is 83.3 Å². The Morgan fingerprint density at radius 2 is 1.81 bits per heavy atom. The number of fused-ring (bicyclic) bond motifs is 3. The number of benzene rings is 2. The molecule has 7 rings (SSSR count). The maximum absolute atomic E-state index is 16.1. The Morgan fingerprint density at radius 3 is 2.46 bits per heavy atom. The molecule has 3 aliphatic heterocycles. The number of nitrogens with zero attached hydrogens (tertiary/aromatic N) is 5. The van der Waals surface area contributed by atoms with Crippen molar-refractivity contribution in [2.24, 2.45) is 5.92 Å². The van der Waals surface area contributed by atoms with E-state index in [1.807, 2.05) is 18.7 Å². The molecular weight excluding hydrogens is 631 g/mol. The smallest absolute Gasteiger partial charge is 0.318 e. The number of anilines is 1. The molecule has 0 amide bonds. The topological polar surface area (TPSA) is 91.7 Å². The SMILES string of the molecule is C#Cc1c(F)ccc2cc(O)cc(-c3ncc4c(N5CCC(P(C)(C)=O)CC5)nc(OC)nc4c3F)c12.CC.CC1CC2CCCN2C1. The third-order valence-corrected chi connectivity index (χ3v) is 11.9. The van der Waals surface area contributed by atoms with Crippen LogP contribution in [0.1, 0.15) is 58.4 Å². The van der Waals surface area contributed by atoms with Crippen LogP contribution in [0.2, 0.25) is 0 Å². The Morgan fingerprint density at radius 1 is 1.08 bits per heavy atom. The number of pyridine rings is 1. The van der Waals surface area contributed by atoms with Crippen molar-refractivity contribution in [1.82, 2.24) is 19.9 Å². The number of hydrogen-bond donors (Lipinski definition) is 1. The Balaban J connectivity index is 0.000000347. The molecular formula is C37H46F2N5O3P. The summed E-state index contributed by atoms with van der Waals surface area (Å²) in [5.74, 6) is 2.22. The number of piperidine rings is 1. The summed E-state index contributed by atoms with van der Waals surface area (Å²) >= 11 is 0. The molecule has 8 nitrogen and oxygen atoms in total. The molecule has 2 unspecified atom stereocenters. The highest BCUT2D eigenvalue weighted by molar-refractivity contribution is 7.63. The van der Waals surface area contributed by atoms with E-state index in [-0.39, 0.29) is 45.1 Å². The molecule has 256 valence electrons. The number of ether oxygens (including phenoxy) is 1. The van der Waals surface area contributed by atoms with E-state index in [0.717, 1.165) is 24.8 Å². The van der Waals surface area contributed by atoms with E-state index in [9.17, 15) is 14.1 Å². The molecule has 2 aromatic carbocycles. The van der Waals surface area contributed by atoms with Crippen LogP contribution >= 0.6 is 7.14 Å². The van der Waals surface area contributed by atoms with E-state index in [1.54, 1.807) is 13.3 Å². The van der Waals surface area contributed by atoms with E-state index < -0.39 is 18.8 Å². The molecule has 0 spiro atoms. The van der Waals surface area contributed by atoms with Crippen molar-refractivity contribution < 1.29 is 23.2 Å². The molecule has 0 radical (unpaired) electrons. The predicted octanol–water partition coefficient (Wildman–Crippen LogP) is 7.93. The average molecular weight is 678 g/mol. The fraction of sp³-hybridized carbons (Fsp3) is 0.486. The normalized spacial score (nSPS) is 19.7. The number of phenols is 1. The summed E-state index contributed by atoms with van der Waals surface area (Å²) in [6.45, 7) is 13.9. The van der Waals surface area contributed by atoms with Gasteiger partial charge in [0.25, 0.3) is 0 Å². The molecule has 4 aromatic rings. The molecule has 3 fully saturated rings. The number of halogens is 2. The van der Waals surface area contributed by atoms with Crippen molar-refractivity contribution >= 4 is 34.6 Å². The quantitative estimate of drug-likeness (QED) is 0.172. The highest BCUT2D eigenvalue weighted by atomic mass is 31.2. The molecule has 0 aliphatic carbocycles. The van der Waals surface area contributed by atoms with Gasteiger partial charge in [0.2, 0.25) is 0 Å². The average Bonchev–Trinajstić information content (AvgIpc) is 3.66. The van der Waals surface area contributed by atoms with Gasteiger partial charge in [-0.2, -0.15) is 9.97 Å². The van der Waals surface area contributed by atoms with Gasteiger partial charge in [-0.15, -0.1) is 6.42 Å². The fourth-order valence-corrected chi connectivity index (χ4v) is 8.81. The first-order valence-corrected chi connectivity index (χ1v) is 19.5. The lowest BCUT2D eigenvalue weighted by Gasteiger charge is -2.34. The van der Waals surface area contributed by atoms with Gasteiger partial charge in [-0.05, 0) is 81.5 Å². The van der Waals surface area contributed by atoms with Gasteiger partial charge >= 0.3 is 6.01 Å². The van der Waals surface area contributed by atoms with Gasteiger partial charge in [0.05, 0.1) is 25.2 Å². The Kier molecular flexibility index (Phi) is 10.9. The van der Waals surface area contributed by atoms with Crippen molar-refractivity contribution in [3.63, 3.8) is 0 Å². The molecule has 0 saturated carbocycles.